The zero-order valence-electron chi connectivity index (χ0n) is 28.3. The van der Waals surface area contributed by atoms with E-state index < -0.39 is 17.5 Å². The highest BCUT2D eigenvalue weighted by atomic mass is 35.5. The first kappa shape index (κ1) is 33.1. The molecule has 0 aliphatic carbocycles. The molecular formula is C38H40ClF2N7O2. The number of hydrogen-bond donors (Lipinski definition) is 1. The molecule has 4 atom stereocenters. The highest BCUT2D eigenvalue weighted by Gasteiger charge is 2.49. The van der Waals surface area contributed by atoms with Gasteiger partial charge in [0.15, 0.2) is 5.82 Å². The van der Waals surface area contributed by atoms with E-state index in [2.05, 4.69) is 32.0 Å². The highest BCUT2D eigenvalue weighted by molar-refractivity contribution is 6.36. The number of pyridine rings is 1. The van der Waals surface area contributed by atoms with Crippen LogP contribution in [0.3, 0.4) is 0 Å². The minimum absolute atomic E-state index is 0.0176. The molecule has 4 aliphatic heterocycles. The van der Waals surface area contributed by atoms with Crippen LogP contribution in [-0.2, 0) is 4.79 Å². The lowest BCUT2D eigenvalue weighted by atomic mass is 9.95. The summed E-state index contributed by atoms with van der Waals surface area (Å²) in [5, 5.41) is 5.86. The Morgan fingerprint density at radius 2 is 2.00 bits per heavy atom. The molecular weight excluding hydrogens is 660 g/mol. The summed E-state index contributed by atoms with van der Waals surface area (Å²) in [5.41, 5.74) is -0.0301. The first-order valence-electron chi connectivity index (χ1n) is 17.5. The van der Waals surface area contributed by atoms with Crippen LogP contribution in [0.1, 0.15) is 45.4 Å². The van der Waals surface area contributed by atoms with Crippen molar-refractivity contribution in [3.05, 3.63) is 53.4 Å². The summed E-state index contributed by atoms with van der Waals surface area (Å²) in [6.07, 6.45) is 5.50. The van der Waals surface area contributed by atoms with Crippen LogP contribution in [-0.4, -0.2) is 100 Å². The van der Waals surface area contributed by atoms with Gasteiger partial charge in [-0.15, -0.1) is 0 Å². The summed E-state index contributed by atoms with van der Waals surface area (Å²) in [4.78, 5) is 33.1. The molecule has 8 rings (SSSR count). The lowest BCUT2D eigenvalue weighted by Gasteiger charge is -2.31. The summed E-state index contributed by atoms with van der Waals surface area (Å²) in [5.74, 6) is 5.64. The van der Waals surface area contributed by atoms with Gasteiger partial charge in [0.2, 0.25) is 0 Å². The monoisotopic (exact) mass is 699 g/mol. The number of halogens is 3. The minimum atomic E-state index is -0.910. The van der Waals surface area contributed by atoms with Crippen molar-refractivity contribution in [1.82, 2.24) is 30.1 Å². The quantitative estimate of drug-likeness (QED) is 0.254. The fourth-order valence-corrected chi connectivity index (χ4v) is 8.65. The van der Waals surface area contributed by atoms with Crippen LogP contribution in [0.25, 0.3) is 32.9 Å². The Balaban J connectivity index is 1.15. The fourth-order valence-electron chi connectivity index (χ4n) is 8.37. The van der Waals surface area contributed by atoms with E-state index in [0.717, 1.165) is 44.2 Å². The molecule has 2 aromatic carbocycles. The third kappa shape index (κ3) is 5.91. The third-order valence-electron chi connectivity index (χ3n) is 11.1. The molecule has 2 aromatic heterocycles. The smallest absolute Gasteiger partial charge is 0.319 e. The molecule has 0 unspecified atom stereocenters. The number of rotatable bonds is 6. The van der Waals surface area contributed by atoms with E-state index in [1.165, 1.54) is 0 Å². The molecule has 4 aromatic rings. The van der Waals surface area contributed by atoms with Gasteiger partial charge in [0.25, 0.3) is 5.91 Å². The van der Waals surface area contributed by atoms with Gasteiger partial charge in [0.1, 0.15) is 29.8 Å². The van der Waals surface area contributed by atoms with E-state index in [1.807, 2.05) is 43.1 Å². The molecule has 4 saturated heterocycles. The number of nitrogens with zero attached hydrogens (tertiary/aromatic N) is 6. The molecule has 12 heteroatoms. The number of ether oxygens (including phenoxy) is 1. The van der Waals surface area contributed by atoms with Crippen LogP contribution >= 0.6 is 11.6 Å². The lowest BCUT2D eigenvalue weighted by Crippen LogP contribution is -2.43. The summed E-state index contributed by atoms with van der Waals surface area (Å²) in [7, 11) is 1.89. The minimum Gasteiger partial charge on any atom is -0.461 e. The van der Waals surface area contributed by atoms with Crippen LogP contribution < -0.4 is 15.0 Å². The summed E-state index contributed by atoms with van der Waals surface area (Å²) < 4.78 is 37.7. The predicted molar refractivity (Wildman–Crippen MR) is 191 cm³/mol. The number of benzene rings is 2. The van der Waals surface area contributed by atoms with Gasteiger partial charge in [0.05, 0.1) is 16.5 Å². The van der Waals surface area contributed by atoms with Crippen molar-refractivity contribution in [2.45, 2.75) is 68.7 Å². The first-order chi connectivity index (χ1) is 24.1. The maximum atomic E-state index is 16.8. The number of likely N-dealkylation sites (tertiary alicyclic amines) is 1. The van der Waals surface area contributed by atoms with Crippen molar-refractivity contribution in [3.8, 4) is 29.1 Å². The average molecular weight is 700 g/mol. The van der Waals surface area contributed by atoms with Gasteiger partial charge in [-0.2, -0.15) is 9.97 Å². The summed E-state index contributed by atoms with van der Waals surface area (Å²) in [6.45, 7) is 5.33. The van der Waals surface area contributed by atoms with Gasteiger partial charge >= 0.3 is 6.01 Å². The Bertz CT molecular complexity index is 2040. The zero-order valence-corrected chi connectivity index (χ0v) is 29.1. The maximum Gasteiger partial charge on any atom is 0.319 e. The number of aromatic nitrogens is 3. The Kier molecular flexibility index (Phi) is 8.53. The number of alkyl halides is 1. The Morgan fingerprint density at radius 3 is 2.82 bits per heavy atom. The van der Waals surface area contributed by atoms with Gasteiger partial charge in [-0.1, -0.05) is 47.9 Å². The number of anilines is 1. The molecule has 0 radical (unpaired) electrons. The Labute approximate surface area is 295 Å². The van der Waals surface area contributed by atoms with E-state index in [9.17, 15) is 9.18 Å². The second kappa shape index (κ2) is 12.9. The van der Waals surface area contributed by atoms with Crippen molar-refractivity contribution >= 4 is 45.0 Å². The number of hydrogen-bond acceptors (Lipinski definition) is 8. The normalized spacial score (nSPS) is 26.4. The van der Waals surface area contributed by atoms with Crippen molar-refractivity contribution in [2.75, 3.05) is 51.3 Å². The van der Waals surface area contributed by atoms with E-state index in [1.54, 1.807) is 23.2 Å². The SMILES string of the molecule is CN(c1nc(OC[C@@]23CCCN2C[C@H](F)C3)nc2c(F)c(-c3cccc4cccc(Cl)c34)ncc12)[C@@H]1CCN(C(=O)C#C[C@]2(C)CCCN2)C1. The number of carbonyl (C=O) groups excluding carboxylic acids is 1. The average Bonchev–Trinajstić information content (AvgIpc) is 3.91. The van der Waals surface area contributed by atoms with Gasteiger partial charge < -0.3 is 19.9 Å². The third-order valence-corrected chi connectivity index (χ3v) is 11.4. The standard InChI is InChI=1S/C38H40ClF2N7O2/c1-37(13-5-16-43-37)15-11-30(49)47-18-12-26(22-47)46(2)35-28-20-42-33(27-9-3-7-24-8-4-10-29(39)31(24)27)32(41)34(28)44-36(45-35)50-23-38-14-6-17-48(38)21-25(40)19-38/h3-4,7-10,20,25-26,43H,5-6,12-14,16-19,21-23H2,1-2H3/t25-,26-,37+,38+/m1/s1. The van der Waals surface area contributed by atoms with Gasteiger partial charge in [-0.05, 0) is 69.5 Å². The van der Waals surface area contributed by atoms with Crippen LogP contribution in [0.15, 0.2) is 42.6 Å². The molecule has 0 bridgehead atoms. The molecule has 4 aliphatic rings. The van der Waals surface area contributed by atoms with Crippen LogP contribution in [0.4, 0.5) is 14.6 Å². The first-order valence-corrected chi connectivity index (χ1v) is 17.9. The molecule has 1 N–H and O–H groups in total. The molecule has 6 heterocycles. The molecule has 0 saturated carbocycles. The fraction of sp³-hybridized carbons (Fsp3) is 0.474. The van der Waals surface area contributed by atoms with E-state index in [0.29, 0.717) is 59.7 Å². The number of fused-ring (bicyclic) bond motifs is 3. The predicted octanol–water partition coefficient (Wildman–Crippen LogP) is 5.78. The van der Waals surface area contributed by atoms with Gasteiger partial charge in [0, 0.05) is 61.3 Å². The number of likely N-dealkylation sites (N-methyl/N-ethyl adjacent to an activating group) is 1. The summed E-state index contributed by atoms with van der Waals surface area (Å²) >= 11 is 6.63. The van der Waals surface area contributed by atoms with Gasteiger partial charge in [-0.3, -0.25) is 14.7 Å². The number of carbonyl (C=O) groups is 1. The maximum absolute atomic E-state index is 16.8. The molecule has 50 heavy (non-hydrogen) atoms. The molecule has 4 fully saturated rings. The van der Waals surface area contributed by atoms with E-state index in [4.69, 9.17) is 21.3 Å². The van der Waals surface area contributed by atoms with E-state index in [-0.39, 0.29) is 41.3 Å². The Hall–Kier alpha value is -4.11. The second-order valence-electron chi connectivity index (χ2n) is 14.4. The lowest BCUT2D eigenvalue weighted by molar-refractivity contribution is -0.124. The van der Waals surface area contributed by atoms with Crippen LogP contribution in [0.5, 0.6) is 6.01 Å². The largest absolute Gasteiger partial charge is 0.461 e. The zero-order chi connectivity index (χ0) is 34.6. The van der Waals surface area contributed by atoms with Crippen LogP contribution in [0, 0.1) is 17.7 Å². The summed E-state index contributed by atoms with van der Waals surface area (Å²) in [6, 6.07) is 11.0. The van der Waals surface area contributed by atoms with Crippen molar-refractivity contribution in [1.29, 1.82) is 0 Å². The molecule has 1 amide bonds. The van der Waals surface area contributed by atoms with Crippen LogP contribution in [0.2, 0.25) is 5.02 Å². The second-order valence-corrected chi connectivity index (χ2v) is 14.8. The number of amides is 1. The highest BCUT2D eigenvalue weighted by Crippen LogP contribution is 2.41. The Morgan fingerprint density at radius 1 is 1.16 bits per heavy atom. The molecule has 9 nitrogen and oxygen atoms in total. The number of nitrogens with one attached hydrogen (secondary N) is 1. The van der Waals surface area contributed by atoms with Crippen molar-refractivity contribution in [2.24, 2.45) is 0 Å². The molecule has 260 valence electrons. The van der Waals surface area contributed by atoms with Crippen molar-refractivity contribution in [3.63, 3.8) is 0 Å². The molecule has 0 spiro atoms. The topological polar surface area (TPSA) is 86.7 Å². The van der Waals surface area contributed by atoms with Crippen molar-refractivity contribution < 1.29 is 18.3 Å². The van der Waals surface area contributed by atoms with Gasteiger partial charge in [-0.25, -0.2) is 8.78 Å². The van der Waals surface area contributed by atoms with E-state index >= 15 is 4.39 Å².